The molecule has 0 bridgehead atoms. The summed E-state index contributed by atoms with van der Waals surface area (Å²) in [6, 6.07) is 17.1. The second kappa shape index (κ2) is 10.9. The summed E-state index contributed by atoms with van der Waals surface area (Å²) in [5.74, 6) is 2.55. The van der Waals surface area contributed by atoms with Crippen LogP contribution in [0, 0.1) is 0 Å². The molecule has 1 aromatic heterocycles. The maximum Gasteiger partial charge on any atom is 0.237 e. The molecule has 1 amide bonds. The van der Waals surface area contributed by atoms with Crippen LogP contribution in [0.1, 0.15) is 32.7 Å². The van der Waals surface area contributed by atoms with Gasteiger partial charge in [0.2, 0.25) is 5.91 Å². The summed E-state index contributed by atoms with van der Waals surface area (Å²) in [4.78, 5) is 14.6. The van der Waals surface area contributed by atoms with Gasteiger partial charge in [-0.1, -0.05) is 30.0 Å². The number of ether oxygens (including phenoxy) is 2. The molecule has 1 atom stereocenters. The average molecular weight is 441 g/mol. The van der Waals surface area contributed by atoms with E-state index in [9.17, 15) is 4.79 Å². The maximum atomic E-state index is 12.8. The molecule has 0 fully saturated rings. The Bertz CT molecular complexity index is 976. The minimum Gasteiger partial charge on any atom is -0.497 e. The van der Waals surface area contributed by atoms with Crippen LogP contribution in [0.15, 0.2) is 59.8 Å². The van der Waals surface area contributed by atoms with Crippen molar-refractivity contribution in [1.82, 2.24) is 14.8 Å². The molecular formula is C23H28N4O3S. The van der Waals surface area contributed by atoms with Crippen LogP contribution in [0.25, 0.3) is 0 Å². The topological polar surface area (TPSA) is 69.5 Å². The number of thioether (sulfide) groups is 1. The fourth-order valence-electron chi connectivity index (χ4n) is 3.23. The van der Waals surface area contributed by atoms with Gasteiger partial charge < -0.3 is 18.9 Å². The molecule has 0 saturated heterocycles. The van der Waals surface area contributed by atoms with E-state index >= 15 is 0 Å². The van der Waals surface area contributed by atoms with Crippen molar-refractivity contribution in [1.29, 1.82) is 0 Å². The Morgan fingerprint density at radius 1 is 1.06 bits per heavy atom. The van der Waals surface area contributed by atoms with E-state index < -0.39 is 0 Å². The molecule has 0 aliphatic rings. The minimum atomic E-state index is -0.289. The van der Waals surface area contributed by atoms with Crippen LogP contribution < -0.4 is 14.4 Å². The van der Waals surface area contributed by atoms with Gasteiger partial charge in [0.05, 0.1) is 12.9 Å². The van der Waals surface area contributed by atoms with Crippen molar-refractivity contribution in [2.45, 2.75) is 38.6 Å². The van der Waals surface area contributed by atoms with Crippen molar-refractivity contribution in [3.05, 3.63) is 60.4 Å². The van der Waals surface area contributed by atoms with E-state index in [0.717, 1.165) is 23.0 Å². The first kappa shape index (κ1) is 22.7. The van der Waals surface area contributed by atoms with Crippen molar-refractivity contribution >= 4 is 23.4 Å². The largest absolute Gasteiger partial charge is 0.497 e. The Balaban J connectivity index is 1.66. The summed E-state index contributed by atoms with van der Waals surface area (Å²) in [6.07, 6.45) is -0.289. The number of nitrogens with zero attached hydrogens (tertiary/aromatic N) is 4. The van der Waals surface area contributed by atoms with Crippen molar-refractivity contribution in [3.63, 3.8) is 0 Å². The number of anilines is 1. The fraction of sp³-hybridized carbons (Fsp3) is 0.348. The highest BCUT2D eigenvalue weighted by Gasteiger charge is 2.21. The number of rotatable bonds is 10. The van der Waals surface area contributed by atoms with Gasteiger partial charge in [0, 0.05) is 18.8 Å². The molecule has 1 heterocycles. The molecule has 8 heteroatoms. The number of amides is 1. The summed E-state index contributed by atoms with van der Waals surface area (Å²) in [6.45, 7) is 7.24. The molecule has 0 radical (unpaired) electrons. The summed E-state index contributed by atoms with van der Waals surface area (Å²) in [5, 5.41) is 9.36. The van der Waals surface area contributed by atoms with E-state index in [-0.39, 0.29) is 17.8 Å². The van der Waals surface area contributed by atoms with E-state index in [1.165, 1.54) is 11.8 Å². The van der Waals surface area contributed by atoms with Crippen LogP contribution in [0.5, 0.6) is 11.5 Å². The standard InChI is InChI=1S/C23H28N4O3S/c1-5-26(18-10-8-7-9-11-18)21(28)16-31-23-25-24-22(27(23)6-2)17(3)30-20-14-12-19(29-4)13-15-20/h7-15,17H,5-6,16H2,1-4H3. The molecule has 3 rings (SSSR count). The molecule has 2 aromatic carbocycles. The molecule has 0 aliphatic carbocycles. The second-order valence-electron chi connectivity index (χ2n) is 6.78. The predicted molar refractivity (Wildman–Crippen MR) is 123 cm³/mol. The molecule has 0 N–H and O–H groups in total. The number of carbonyl (C=O) groups is 1. The lowest BCUT2D eigenvalue weighted by atomic mass is 10.3. The Kier molecular flexibility index (Phi) is 7.94. The molecule has 0 aliphatic heterocycles. The van der Waals surface area contributed by atoms with Gasteiger partial charge in [0.1, 0.15) is 11.5 Å². The average Bonchev–Trinajstić information content (AvgIpc) is 3.22. The first-order valence-corrected chi connectivity index (χ1v) is 11.3. The third-order valence-electron chi connectivity index (χ3n) is 4.81. The summed E-state index contributed by atoms with van der Waals surface area (Å²) >= 11 is 1.39. The highest BCUT2D eigenvalue weighted by molar-refractivity contribution is 7.99. The lowest BCUT2D eigenvalue weighted by Gasteiger charge is -2.20. The smallest absolute Gasteiger partial charge is 0.237 e. The highest BCUT2D eigenvalue weighted by Crippen LogP contribution is 2.26. The van der Waals surface area contributed by atoms with Crippen molar-refractivity contribution in [3.8, 4) is 11.5 Å². The first-order valence-electron chi connectivity index (χ1n) is 10.3. The van der Waals surface area contributed by atoms with E-state index in [1.54, 1.807) is 12.0 Å². The van der Waals surface area contributed by atoms with E-state index in [2.05, 4.69) is 10.2 Å². The highest BCUT2D eigenvalue weighted by atomic mass is 32.2. The monoisotopic (exact) mass is 440 g/mol. The van der Waals surface area contributed by atoms with Gasteiger partial charge in [-0.05, 0) is 57.2 Å². The number of hydrogen-bond acceptors (Lipinski definition) is 6. The Morgan fingerprint density at radius 3 is 2.35 bits per heavy atom. The Labute approximate surface area is 187 Å². The SMILES string of the molecule is CCN(C(=O)CSc1nnc(C(C)Oc2ccc(OC)cc2)n1CC)c1ccccc1. The predicted octanol–water partition coefficient (Wildman–Crippen LogP) is 4.59. The van der Waals surface area contributed by atoms with Gasteiger partial charge in [0.15, 0.2) is 17.1 Å². The molecular weight excluding hydrogens is 412 g/mol. The van der Waals surface area contributed by atoms with Gasteiger partial charge in [0.25, 0.3) is 0 Å². The van der Waals surface area contributed by atoms with Crippen LogP contribution in [0.3, 0.4) is 0 Å². The lowest BCUT2D eigenvalue weighted by molar-refractivity contribution is -0.116. The molecule has 31 heavy (non-hydrogen) atoms. The zero-order valence-corrected chi connectivity index (χ0v) is 19.1. The maximum absolute atomic E-state index is 12.8. The molecule has 164 valence electrons. The third kappa shape index (κ3) is 5.58. The normalized spacial score (nSPS) is 11.7. The van der Waals surface area contributed by atoms with Gasteiger partial charge in [-0.2, -0.15) is 0 Å². The van der Waals surface area contributed by atoms with Crippen LogP contribution >= 0.6 is 11.8 Å². The van der Waals surface area contributed by atoms with Crippen LogP contribution in [-0.4, -0.2) is 40.1 Å². The third-order valence-corrected chi connectivity index (χ3v) is 5.76. The summed E-state index contributed by atoms with van der Waals surface area (Å²) < 4.78 is 13.2. The Morgan fingerprint density at radius 2 is 1.74 bits per heavy atom. The van der Waals surface area contributed by atoms with Crippen molar-refractivity contribution in [2.24, 2.45) is 0 Å². The number of aromatic nitrogens is 3. The van der Waals surface area contributed by atoms with Crippen LogP contribution in [-0.2, 0) is 11.3 Å². The molecule has 0 saturated carbocycles. The molecule has 0 spiro atoms. The van der Waals surface area contributed by atoms with E-state index in [4.69, 9.17) is 9.47 Å². The van der Waals surface area contributed by atoms with Crippen molar-refractivity contribution < 1.29 is 14.3 Å². The molecule has 3 aromatic rings. The van der Waals surface area contributed by atoms with Crippen LogP contribution in [0.2, 0.25) is 0 Å². The van der Waals surface area contributed by atoms with Gasteiger partial charge in [-0.15, -0.1) is 10.2 Å². The molecule has 7 nitrogen and oxygen atoms in total. The Hall–Kier alpha value is -3.00. The summed E-state index contributed by atoms with van der Waals surface area (Å²) in [5.41, 5.74) is 0.898. The second-order valence-corrected chi connectivity index (χ2v) is 7.73. The van der Waals surface area contributed by atoms with E-state index in [0.29, 0.717) is 18.2 Å². The van der Waals surface area contributed by atoms with Crippen LogP contribution in [0.4, 0.5) is 5.69 Å². The van der Waals surface area contributed by atoms with Crippen molar-refractivity contribution in [2.75, 3.05) is 24.3 Å². The number of hydrogen-bond donors (Lipinski definition) is 0. The zero-order chi connectivity index (χ0) is 22.2. The number of benzene rings is 2. The lowest BCUT2D eigenvalue weighted by Crippen LogP contribution is -2.32. The quantitative estimate of drug-likeness (QED) is 0.430. The van der Waals surface area contributed by atoms with Gasteiger partial charge in [-0.3, -0.25) is 4.79 Å². The number of methoxy groups -OCH3 is 1. The van der Waals surface area contributed by atoms with Gasteiger partial charge >= 0.3 is 0 Å². The minimum absolute atomic E-state index is 0.0356. The number of carbonyl (C=O) groups excluding carboxylic acids is 1. The zero-order valence-electron chi connectivity index (χ0n) is 18.3. The number of para-hydroxylation sites is 1. The molecule has 1 unspecified atom stereocenters. The fourth-order valence-corrected chi connectivity index (χ4v) is 4.12. The first-order chi connectivity index (χ1) is 15.1. The van der Waals surface area contributed by atoms with E-state index in [1.807, 2.05) is 79.9 Å². The summed E-state index contributed by atoms with van der Waals surface area (Å²) in [7, 11) is 1.63. The van der Waals surface area contributed by atoms with Gasteiger partial charge in [-0.25, -0.2) is 0 Å².